The molecule has 3 heterocycles. The smallest absolute Gasteiger partial charge is 0.291 e. The molecule has 0 N–H and O–H groups in total. The van der Waals surface area contributed by atoms with E-state index in [9.17, 15) is 9.59 Å². The van der Waals surface area contributed by atoms with Crippen LogP contribution >= 0.6 is 0 Å². The van der Waals surface area contributed by atoms with Gasteiger partial charge in [0.05, 0.1) is 31.2 Å². The van der Waals surface area contributed by atoms with Gasteiger partial charge in [-0.3, -0.25) is 9.59 Å². The van der Waals surface area contributed by atoms with Gasteiger partial charge in [-0.05, 0) is 54.4 Å². The molecule has 0 bridgehead atoms. The second-order valence-corrected chi connectivity index (χ2v) is 8.81. The van der Waals surface area contributed by atoms with Crippen molar-refractivity contribution in [3.05, 3.63) is 92.8 Å². The number of benzene rings is 3. The van der Waals surface area contributed by atoms with Gasteiger partial charge in [0.25, 0.3) is 5.91 Å². The van der Waals surface area contributed by atoms with Gasteiger partial charge >= 0.3 is 0 Å². The number of hydrogen-bond donors (Lipinski definition) is 0. The molecule has 8 heteroatoms. The van der Waals surface area contributed by atoms with Gasteiger partial charge in [-0.2, -0.15) is 0 Å². The average molecular weight is 485 g/mol. The quantitative estimate of drug-likeness (QED) is 0.409. The fourth-order valence-electron chi connectivity index (χ4n) is 4.90. The Morgan fingerprint density at radius 2 is 1.72 bits per heavy atom. The molecule has 4 aromatic rings. The van der Waals surface area contributed by atoms with Crippen LogP contribution in [0.3, 0.4) is 0 Å². The number of rotatable bonds is 5. The lowest BCUT2D eigenvalue weighted by Crippen LogP contribution is -2.29. The van der Waals surface area contributed by atoms with E-state index in [-0.39, 0.29) is 30.4 Å². The van der Waals surface area contributed by atoms with Crippen molar-refractivity contribution in [2.24, 2.45) is 0 Å². The molecular weight excluding hydrogens is 462 g/mol. The molecule has 1 atom stereocenters. The van der Waals surface area contributed by atoms with E-state index < -0.39 is 6.04 Å². The number of fused-ring (bicyclic) bond motifs is 3. The highest BCUT2D eigenvalue weighted by Crippen LogP contribution is 2.42. The number of carbonyl (C=O) groups excluding carboxylic acids is 1. The molecule has 1 amide bonds. The Balaban J connectivity index is 1.53. The van der Waals surface area contributed by atoms with Crippen molar-refractivity contribution in [1.29, 1.82) is 0 Å². The fourth-order valence-corrected chi connectivity index (χ4v) is 4.90. The van der Waals surface area contributed by atoms with E-state index in [1.165, 1.54) is 0 Å². The van der Waals surface area contributed by atoms with Crippen LogP contribution in [-0.2, 0) is 6.54 Å². The van der Waals surface area contributed by atoms with Crippen molar-refractivity contribution >= 4 is 16.9 Å². The minimum atomic E-state index is -0.682. The molecule has 0 saturated heterocycles. The highest BCUT2D eigenvalue weighted by molar-refractivity contribution is 5.99. The van der Waals surface area contributed by atoms with E-state index in [4.69, 9.17) is 23.4 Å². The Morgan fingerprint density at radius 3 is 2.53 bits per heavy atom. The first-order valence-electron chi connectivity index (χ1n) is 11.5. The molecule has 0 fully saturated rings. The molecule has 6 rings (SSSR count). The van der Waals surface area contributed by atoms with Crippen molar-refractivity contribution in [1.82, 2.24) is 4.90 Å². The maximum Gasteiger partial charge on any atom is 0.291 e. The summed E-state index contributed by atoms with van der Waals surface area (Å²) in [6.45, 7) is 2.30. The second kappa shape index (κ2) is 8.34. The summed E-state index contributed by atoms with van der Waals surface area (Å²) in [5, 5.41) is 0.442. The van der Waals surface area contributed by atoms with E-state index in [1.807, 2.05) is 37.3 Å². The van der Waals surface area contributed by atoms with Crippen molar-refractivity contribution in [2.75, 3.05) is 21.0 Å². The summed E-state index contributed by atoms with van der Waals surface area (Å²) in [7, 11) is 3.10. The lowest BCUT2D eigenvalue weighted by atomic mass is 9.97. The third-order valence-electron chi connectivity index (χ3n) is 6.63. The molecule has 0 saturated carbocycles. The maximum absolute atomic E-state index is 13.8. The molecule has 36 heavy (non-hydrogen) atoms. The Kier molecular flexibility index (Phi) is 5.10. The molecular formula is C28H23NO7. The average Bonchev–Trinajstić information content (AvgIpc) is 3.47. The number of aryl methyl sites for hydroxylation is 1. The first-order valence-corrected chi connectivity index (χ1v) is 11.5. The zero-order chi connectivity index (χ0) is 25.0. The summed E-state index contributed by atoms with van der Waals surface area (Å²) in [4.78, 5) is 29.2. The van der Waals surface area contributed by atoms with Crippen molar-refractivity contribution in [3.8, 4) is 23.0 Å². The van der Waals surface area contributed by atoms with E-state index in [0.717, 1.165) is 11.1 Å². The number of ether oxygens (including phenoxy) is 4. The van der Waals surface area contributed by atoms with Crippen molar-refractivity contribution in [3.63, 3.8) is 0 Å². The summed E-state index contributed by atoms with van der Waals surface area (Å²) < 4.78 is 27.9. The minimum absolute atomic E-state index is 0.0527. The van der Waals surface area contributed by atoms with Crippen LogP contribution in [0.4, 0.5) is 0 Å². The van der Waals surface area contributed by atoms with Crippen LogP contribution in [0.1, 0.15) is 38.9 Å². The number of carbonyl (C=O) groups is 1. The van der Waals surface area contributed by atoms with Crippen LogP contribution in [0.15, 0.2) is 63.8 Å². The summed E-state index contributed by atoms with van der Waals surface area (Å²) in [5.41, 5.74) is 2.94. The van der Waals surface area contributed by atoms with Gasteiger partial charge < -0.3 is 28.3 Å². The number of hydrogen-bond acceptors (Lipinski definition) is 7. The SMILES string of the molecule is COc1ccc([C@@H]2c3c(oc4ccc(C)cc4c3=O)C(=O)N2Cc2ccc3c(c2)OCO3)cc1OC. The fraction of sp³-hybridized carbons (Fsp3) is 0.214. The first kappa shape index (κ1) is 22.0. The van der Waals surface area contributed by atoms with Crippen LogP contribution in [-0.4, -0.2) is 31.8 Å². The van der Waals surface area contributed by atoms with E-state index in [0.29, 0.717) is 45.1 Å². The molecule has 1 aromatic heterocycles. The van der Waals surface area contributed by atoms with E-state index >= 15 is 0 Å². The topological polar surface area (TPSA) is 87.4 Å². The molecule has 3 aromatic carbocycles. The zero-order valence-electron chi connectivity index (χ0n) is 20.0. The van der Waals surface area contributed by atoms with Gasteiger partial charge in [-0.15, -0.1) is 0 Å². The highest BCUT2D eigenvalue weighted by Gasteiger charge is 2.43. The number of nitrogens with zero attached hydrogens (tertiary/aromatic N) is 1. The summed E-state index contributed by atoms with van der Waals surface area (Å²) >= 11 is 0. The third kappa shape index (κ3) is 3.37. The van der Waals surface area contributed by atoms with Crippen molar-refractivity contribution in [2.45, 2.75) is 19.5 Å². The van der Waals surface area contributed by atoms with Crippen LogP contribution in [0.5, 0.6) is 23.0 Å². The molecule has 182 valence electrons. The summed E-state index contributed by atoms with van der Waals surface area (Å²) in [5.74, 6) is 2.02. The largest absolute Gasteiger partial charge is 0.493 e. The van der Waals surface area contributed by atoms with Gasteiger partial charge in [0, 0.05) is 6.54 Å². The Morgan fingerprint density at radius 1 is 0.917 bits per heavy atom. The molecule has 0 spiro atoms. The predicted molar refractivity (Wildman–Crippen MR) is 131 cm³/mol. The summed E-state index contributed by atoms with van der Waals surface area (Å²) in [6, 6.07) is 15.6. The van der Waals surface area contributed by atoms with Crippen LogP contribution < -0.4 is 24.4 Å². The van der Waals surface area contributed by atoms with Gasteiger partial charge in [0.2, 0.25) is 12.6 Å². The number of methoxy groups -OCH3 is 2. The van der Waals surface area contributed by atoms with Crippen molar-refractivity contribution < 1.29 is 28.2 Å². The molecule has 0 radical (unpaired) electrons. The Bertz CT molecular complexity index is 1590. The molecule has 2 aliphatic heterocycles. The van der Waals surface area contributed by atoms with Crippen LogP contribution in [0, 0.1) is 6.92 Å². The zero-order valence-corrected chi connectivity index (χ0v) is 20.0. The van der Waals surface area contributed by atoms with Gasteiger partial charge in [-0.25, -0.2) is 0 Å². The second-order valence-electron chi connectivity index (χ2n) is 8.81. The van der Waals surface area contributed by atoms with Gasteiger partial charge in [-0.1, -0.05) is 23.8 Å². The predicted octanol–water partition coefficient (Wildman–Crippen LogP) is 4.59. The monoisotopic (exact) mass is 485 g/mol. The standard InChI is InChI=1S/C28H23NO7/c1-15-4-7-19-18(10-15)26(30)24-25(17-6-9-20(32-2)22(12-17)33-3)29(28(31)27(24)36-19)13-16-5-8-21-23(11-16)35-14-34-21/h4-12,25H,13-14H2,1-3H3/t25-/m1/s1. The van der Waals surface area contributed by atoms with Gasteiger partial charge in [0.15, 0.2) is 28.4 Å². The van der Waals surface area contributed by atoms with Gasteiger partial charge in [0.1, 0.15) is 5.58 Å². The highest BCUT2D eigenvalue weighted by atomic mass is 16.7. The minimum Gasteiger partial charge on any atom is -0.493 e. The van der Waals surface area contributed by atoms with Crippen LogP contribution in [0.2, 0.25) is 0 Å². The number of amides is 1. The Hall–Kier alpha value is -4.46. The first-order chi connectivity index (χ1) is 17.5. The molecule has 0 unspecified atom stereocenters. The molecule has 2 aliphatic rings. The normalized spacial score (nSPS) is 15.9. The summed E-state index contributed by atoms with van der Waals surface area (Å²) in [6.07, 6.45) is 0. The van der Waals surface area contributed by atoms with E-state index in [1.54, 1.807) is 43.4 Å². The maximum atomic E-state index is 13.8. The third-order valence-corrected chi connectivity index (χ3v) is 6.63. The molecule has 8 nitrogen and oxygen atoms in total. The Labute approximate surface area is 206 Å². The molecule has 0 aliphatic carbocycles. The van der Waals surface area contributed by atoms with Crippen LogP contribution in [0.25, 0.3) is 11.0 Å². The lowest BCUT2D eigenvalue weighted by molar-refractivity contribution is 0.0714. The van der Waals surface area contributed by atoms with E-state index in [2.05, 4.69) is 0 Å². The lowest BCUT2D eigenvalue weighted by Gasteiger charge is -2.26.